The van der Waals surface area contributed by atoms with Crippen molar-refractivity contribution in [3.63, 3.8) is 0 Å². The van der Waals surface area contributed by atoms with Crippen molar-refractivity contribution < 1.29 is 9.90 Å². The largest absolute Gasteiger partial charge is 0.480 e. The summed E-state index contributed by atoms with van der Waals surface area (Å²) in [6.45, 7) is 5.62. The molecule has 0 spiro atoms. The lowest BCUT2D eigenvalue weighted by atomic mass is 9.76. The molecule has 3 nitrogen and oxygen atoms in total. The number of likely N-dealkylation sites (tertiary alicyclic amines) is 1. The SMILES string of the molecule is CC1CCCC(C)C1N1CCCCCCC1C(=O)O. The van der Waals surface area contributed by atoms with Gasteiger partial charge in [-0.3, -0.25) is 9.69 Å². The Labute approximate surface area is 117 Å². The molecule has 1 saturated carbocycles. The highest BCUT2D eigenvalue weighted by Gasteiger charge is 2.38. The average molecular weight is 267 g/mol. The molecule has 2 fully saturated rings. The first-order chi connectivity index (χ1) is 9.11. The van der Waals surface area contributed by atoms with E-state index in [-0.39, 0.29) is 6.04 Å². The second kappa shape index (κ2) is 6.74. The first kappa shape index (κ1) is 14.8. The van der Waals surface area contributed by atoms with Gasteiger partial charge in [0.2, 0.25) is 0 Å². The van der Waals surface area contributed by atoms with Gasteiger partial charge in [-0.05, 0) is 44.1 Å². The number of aliphatic carboxylic acids is 1. The number of nitrogens with zero attached hydrogens (tertiary/aromatic N) is 1. The van der Waals surface area contributed by atoms with Crippen molar-refractivity contribution in [3.05, 3.63) is 0 Å². The summed E-state index contributed by atoms with van der Waals surface area (Å²) in [6, 6.07) is 0.237. The van der Waals surface area contributed by atoms with Crippen LogP contribution in [0, 0.1) is 11.8 Å². The molecule has 0 aromatic rings. The fraction of sp³-hybridized carbons (Fsp3) is 0.938. The van der Waals surface area contributed by atoms with E-state index < -0.39 is 5.97 Å². The summed E-state index contributed by atoms with van der Waals surface area (Å²) in [5.41, 5.74) is 0. The van der Waals surface area contributed by atoms with E-state index in [1.165, 1.54) is 38.5 Å². The summed E-state index contributed by atoms with van der Waals surface area (Å²) in [7, 11) is 0. The third-order valence-electron chi connectivity index (χ3n) is 5.20. The zero-order valence-corrected chi connectivity index (χ0v) is 12.5. The van der Waals surface area contributed by atoms with E-state index >= 15 is 0 Å². The van der Waals surface area contributed by atoms with E-state index in [0.29, 0.717) is 17.9 Å². The van der Waals surface area contributed by atoms with Gasteiger partial charge in [0.05, 0.1) is 0 Å². The normalized spacial score (nSPS) is 38.4. The Morgan fingerprint density at radius 2 is 1.58 bits per heavy atom. The fourth-order valence-electron chi connectivity index (χ4n) is 4.25. The van der Waals surface area contributed by atoms with Crippen LogP contribution in [0.2, 0.25) is 0 Å². The van der Waals surface area contributed by atoms with Gasteiger partial charge in [-0.1, -0.05) is 39.5 Å². The van der Waals surface area contributed by atoms with Gasteiger partial charge < -0.3 is 5.11 Å². The van der Waals surface area contributed by atoms with Gasteiger partial charge in [0.15, 0.2) is 0 Å². The van der Waals surface area contributed by atoms with Crippen LogP contribution in [0.1, 0.15) is 65.2 Å². The van der Waals surface area contributed by atoms with Gasteiger partial charge in [0.1, 0.15) is 6.04 Å². The van der Waals surface area contributed by atoms with E-state index in [0.717, 1.165) is 19.4 Å². The number of hydrogen-bond donors (Lipinski definition) is 1. The maximum absolute atomic E-state index is 11.6. The minimum atomic E-state index is -0.605. The zero-order valence-electron chi connectivity index (χ0n) is 12.5. The molecular formula is C16H29NO2. The second-order valence-electron chi connectivity index (χ2n) is 6.67. The standard InChI is InChI=1S/C16H29NO2/c1-12-8-7-9-13(2)15(12)17-11-6-4-3-5-10-14(17)16(18)19/h12-15H,3-11H2,1-2H3,(H,18,19). The van der Waals surface area contributed by atoms with Crippen molar-refractivity contribution in [2.45, 2.75) is 77.3 Å². The van der Waals surface area contributed by atoms with Gasteiger partial charge >= 0.3 is 5.97 Å². The molecule has 110 valence electrons. The van der Waals surface area contributed by atoms with Gasteiger partial charge in [-0.2, -0.15) is 0 Å². The van der Waals surface area contributed by atoms with Crippen LogP contribution in [0.15, 0.2) is 0 Å². The lowest BCUT2D eigenvalue weighted by molar-refractivity contribution is -0.146. The predicted octanol–water partition coefficient (Wildman–Crippen LogP) is 3.53. The zero-order chi connectivity index (χ0) is 13.8. The molecule has 0 radical (unpaired) electrons. The molecule has 3 unspecified atom stereocenters. The van der Waals surface area contributed by atoms with Gasteiger partial charge in [-0.15, -0.1) is 0 Å². The van der Waals surface area contributed by atoms with E-state index in [2.05, 4.69) is 18.7 Å². The monoisotopic (exact) mass is 267 g/mol. The minimum absolute atomic E-state index is 0.242. The molecule has 0 aromatic carbocycles. The third-order valence-corrected chi connectivity index (χ3v) is 5.20. The Balaban J connectivity index is 2.17. The Morgan fingerprint density at radius 1 is 0.947 bits per heavy atom. The van der Waals surface area contributed by atoms with Gasteiger partial charge in [0.25, 0.3) is 0 Å². The van der Waals surface area contributed by atoms with Crippen molar-refractivity contribution in [2.75, 3.05) is 6.54 Å². The molecule has 0 aromatic heterocycles. The molecule has 1 aliphatic heterocycles. The highest BCUT2D eigenvalue weighted by Crippen LogP contribution is 2.35. The molecule has 1 heterocycles. The molecule has 19 heavy (non-hydrogen) atoms. The summed E-state index contributed by atoms with van der Waals surface area (Å²) in [4.78, 5) is 14.0. The predicted molar refractivity (Wildman–Crippen MR) is 77.2 cm³/mol. The van der Waals surface area contributed by atoms with Crippen molar-refractivity contribution >= 4 is 5.97 Å². The quantitative estimate of drug-likeness (QED) is 0.832. The number of hydrogen-bond acceptors (Lipinski definition) is 2. The molecule has 0 bridgehead atoms. The smallest absolute Gasteiger partial charge is 0.320 e. The number of carbonyl (C=O) groups is 1. The summed E-state index contributed by atoms with van der Waals surface area (Å²) in [5.74, 6) is 0.682. The number of carboxylic acid groups (broad SMARTS) is 1. The first-order valence-electron chi connectivity index (χ1n) is 8.10. The Morgan fingerprint density at radius 3 is 2.21 bits per heavy atom. The molecule has 2 rings (SSSR count). The minimum Gasteiger partial charge on any atom is -0.480 e. The van der Waals surface area contributed by atoms with Crippen LogP contribution < -0.4 is 0 Å². The van der Waals surface area contributed by atoms with Crippen LogP contribution in [0.5, 0.6) is 0 Å². The van der Waals surface area contributed by atoms with Crippen molar-refractivity contribution in [1.82, 2.24) is 4.90 Å². The van der Waals surface area contributed by atoms with Crippen LogP contribution >= 0.6 is 0 Å². The second-order valence-corrected chi connectivity index (χ2v) is 6.67. The van der Waals surface area contributed by atoms with Crippen molar-refractivity contribution in [1.29, 1.82) is 0 Å². The number of rotatable bonds is 2. The topological polar surface area (TPSA) is 40.5 Å². The van der Waals surface area contributed by atoms with Gasteiger partial charge in [-0.25, -0.2) is 0 Å². The first-order valence-corrected chi connectivity index (χ1v) is 8.10. The van der Waals surface area contributed by atoms with Crippen LogP contribution in [-0.4, -0.2) is 34.6 Å². The highest BCUT2D eigenvalue weighted by atomic mass is 16.4. The fourth-order valence-corrected chi connectivity index (χ4v) is 4.25. The lowest BCUT2D eigenvalue weighted by Crippen LogP contribution is -2.54. The molecule has 1 N–H and O–H groups in total. The van der Waals surface area contributed by atoms with E-state index in [9.17, 15) is 9.90 Å². The van der Waals surface area contributed by atoms with E-state index in [1.54, 1.807) is 0 Å². The maximum Gasteiger partial charge on any atom is 0.320 e. The van der Waals surface area contributed by atoms with Gasteiger partial charge in [0, 0.05) is 6.04 Å². The summed E-state index contributed by atoms with van der Waals surface area (Å²) >= 11 is 0. The highest BCUT2D eigenvalue weighted by molar-refractivity contribution is 5.73. The summed E-state index contributed by atoms with van der Waals surface area (Å²) in [5, 5.41) is 9.59. The molecule has 3 atom stereocenters. The molecular weight excluding hydrogens is 238 g/mol. The van der Waals surface area contributed by atoms with Crippen LogP contribution in [0.4, 0.5) is 0 Å². The molecule has 3 heteroatoms. The molecule has 1 saturated heterocycles. The van der Waals surface area contributed by atoms with Crippen molar-refractivity contribution in [2.24, 2.45) is 11.8 Å². The molecule has 0 amide bonds. The summed E-state index contributed by atoms with van der Waals surface area (Å²) in [6.07, 6.45) is 9.37. The Kier molecular flexibility index (Phi) is 5.26. The average Bonchev–Trinajstić information content (AvgIpc) is 2.30. The van der Waals surface area contributed by atoms with E-state index in [4.69, 9.17) is 0 Å². The van der Waals surface area contributed by atoms with E-state index in [1.807, 2.05) is 0 Å². The number of carboxylic acids is 1. The van der Waals surface area contributed by atoms with Crippen molar-refractivity contribution in [3.8, 4) is 0 Å². The third kappa shape index (κ3) is 3.50. The Bertz CT molecular complexity index is 295. The maximum atomic E-state index is 11.6. The van der Waals surface area contributed by atoms with Crippen LogP contribution in [-0.2, 0) is 4.79 Å². The molecule has 2 aliphatic rings. The van der Waals surface area contributed by atoms with Crippen LogP contribution in [0.25, 0.3) is 0 Å². The Hall–Kier alpha value is -0.570. The molecule has 1 aliphatic carbocycles. The lowest BCUT2D eigenvalue weighted by Gasteiger charge is -2.45. The summed E-state index contributed by atoms with van der Waals surface area (Å²) < 4.78 is 0. The van der Waals surface area contributed by atoms with Crippen LogP contribution in [0.3, 0.4) is 0 Å².